The lowest BCUT2D eigenvalue weighted by Crippen LogP contribution is -2.50. The lowest BCUT2D eigenvalue weighted by molar-refractivity contribution is -0.234. The molecule has 212 valence electrons. The molecule has 1 atom stereocenters. The fourth-order valence-electron chi connectivity index (χ4n) is 3.97. The number of aliphatic hydroxyl groups is 1. The molecule has 0 aliphatic rings. The van der Waals surface area contributed by atoms with E-state index in [0.717, 1.165) is 25.2 Å². The molecule has 39 heavy (non-hydrogen) atoms. The summed E-state index contributed by atoms with van der Waals surface area (Å²) in [6, 6.07) is 10.5. The lowest BCUT2D eigenvalue weighted by Gasteiger charge is -2.36. The van der Waals surface area contributed by atoms with Gasteiger partial charge < -0.3 is 20.3 Å². The number of hydrogen-bond acceptors (Lipinski definition) is 5. The molecule has 3 rings (SSSR count). The number of aliphatic imine (C=N–C) groups is 1. The third-order valence-electron chi connectivity index (χ3n) is 5.89. The molecule has 7 nitrogen and oxygen atoms in total. The van der Waals surface area contributed by atoms with Crippen molar-refractivity contribution in [2.45, 2.75) is 51.3 Å². The number of carbonyl (C=O) groups is 1. The van der Waals surface area contributed by atoms with Gasteiger partial charge in [0.05, 0.1) is 18.3 Å². The summed E-state index contributed by atoms with van der Waals surface area (Å²) in [6.07, 6.45) is -5.58. The number of benzene rings is 2. The van der Waals surface area contributed by atoms with Gasteiger partial charge in [-0.15, -0.1) is 0 Å². The Bertz CT molecular complexity index is 1310. The minimum absolute atomic E-state index is 0.0609. The van der Waals surface area contributed by atoms with Crippen LogP contribution in [0.25, 0.3) is 16.2 Å². The van der Waals surface area contributed by atoms with Crippen molar-refractivity contribution in [1.29, 1.82) is 0 Å². The van der Waals surface area contributed by atoms with Crippen LogP contribution in [0.3, 0.4) is 0 Å². The van der Waals surface area contributed by atoms with Gasteiger partial charge in [0.25, 0.3) is 0 Å². The van der Waals surface area contributed by atoms with Crippen LogP contribution in [0.5, 0.6) is 5.75 Å². The number of alkyl halides is 3. The zero-order chi connectivity index (χ0) is 29.4. The Labute approximate surface area is 224 Å². The number of carboxylic acid groups (broad SMARTS) is 1. The van der Waals surface area contributed by atoms with Gasteiger partial charge in [-0.2, -0.15) is 26.3 Å². The van der Waals surface area contributed by atoms with E-state index < -0.39 is 35.4 Å². The van der Waals surface area contributed by atoms with E-state index in [2.05, 4.69) is 15.3 Å². The van der Waals surface area contributed by atoms with E-state index in [9.17, 15) is 27.5 Å². The van der Waals surface area contributed by atoms with E-state index in [1.807, 2.05) is 13.8 Å². The van der Waals surface area contributed by atoms with Crippen LogP contribution in [0.4, 0.5) is 23.2 Å². The van der Waals surface area contributed by atoms with Crippen molar-refractivity contribution >= 4 is 28.8 Å². The summed E-state index contributed by atoms with van der Waals surface area (Å²) in [5.41, 5.74) is -4.54. The fraction of sp³-hybridized carbons (Fsp3) is 0.393. The van der Waals surface area contributed by atoms with E-state index in [1.54, 1.807) is 0 Å². The molecule has 0 aliphatic carbocycles. The zero-order valence-corrected chi connectivity index (χ0v) is 22.4. The van der Waals surface area contributed by atoms with E-state index >= 15 is 0 Å². The minimum atomic E-state index is -5.10. The molecule has 3 aromatic rings. The minimum Gasteiger partial charge on any atom is -0.663 e. The van der Waals surface area contributed by atoms with Crippen molar-refractivity contribution in [3.63, 3.8) is 0 Å². The van der Waals surface area contributed by atoms with Crippen molar-refractivity contribution in [2.24, 2.45) is 4.99 Å². The number of aromatic nitrogens is 1. The first-order chi connectivity index (χ1) is 18.2. The van der Waals surface area contributed by atoms with Crippen LogP contribution in [0.1, 0.15) is 50.2 Å². The number of rotatable bonds is 9. The van der Waals surface area contributed by atoms with Crippen molar-refractivity contribution in [1.82, 2.24) is 4.98 Å². The van der Waals surface area contributed by atoms with E-state index in [1.165, 1.54) is 57.4 Å². The molecular formula is C28H32F4N3O4-. The standard InChI is InChI=1S/C24H22F4N2O4.C4H10N/c1-22(2,16-11-14(25)7-10-20(16)34-3)12-23(33,24(26,27)28)13-29-17-5-4-6-18-15(17)8-9-19(30-18)21(31)32;1-3-5-4-2/h4-11,13,33H,12H2,1-3H3,(H,31,32);3-4H2,1-2H3/q;-1. The molecule has 0 amide bonds. The number of hydrogen-bond donors (Lipinski definition) is 2. The molecule has 1 aromatic heterocycles. The molecule has 1 heterocycles. The first-order valence-electron chi connectivity index (χ1n) is 12.1. The number of pyridine rings is 1. The Morgan fingerprint density at radius 2 is 1.77 bits per heavy atom. The number of aromatic carboxylic acids is 1. The molecule has 0 fully saturated rings. The second-order valence-corrected chi connectivity index (χ2v) is 9.29. The Balaban J connectivity index is 0.000000976. The van der Waals surface area contributed by atoms with Crippen LogP contribution < -0.4 is 4.74 Å². The van der Waals surface area contributed by atoms with Crippen LogP contribution in [0, 0.1) is 5.82 Å². The number of halogens is 4. The molecule has 0 spiro atoms. The van der Waals surface area contributed by atoms with Crippen LogP contribution in [-0.4, -0.2) is 59.4 Å². The van der Waals surface area contributed by atoms with Gasteiger partial charge in [0, 0.05) is 17.2 Å². The summed E-state index contributed by atoms with van der Waals surface area (Å²) in [6.45, 7) is 8.90. The van der Waals surface area contributed by atoms with Crippen molar-refractivity contribution in [3.05, 3.63) is 70.9 Å². The van der Waals surface area contributed by atoms with Gasteiger partial charge in [-0.25, -0.2) is 14.2 Å². The van der Waals surface area contributed by atoms with Crippen LogP contribution in [0.2, 0.25) is 0 Å². The maximum Gasteiger partial charge on any atom is 0.422 e. The average molecular weight is 551 g/mol. The number of ether oxygens (including phenoxy) is 1. The highest BCUT2D eigenvalue weighted by Gasteiger charge is 2.55. The number of nitrogens with zero attached hydrogens (tertiary/aromatic N) is 3. The quantitative estimate of drug-likeness (QED) is 0.224. The van der Waals surface area contributed by atoms with E-state index in [-0.39, 0.29) is 28.2 Å². The van der Waals surface area contributed by atoms with Gasteiger partial charge in [-0.3, -0.25) is 4.99 Å². The monoisotopic (exact) mass is 550 g/mol. The van der Waals surface area contributed by atoms with Crippen molar-refractivity contribution in [3.8, 4) is 5.75 Å². The third kappa shape index (κ3) is 7.96. The molecule has 0 radical (unpaired) electrons. The summed E-state index contributed by atoms with van der Waals surface area (Å²) >= 11 is 0. The number of methoxy groups -OCH3 is 1. The topological polar surface area (TPSA) is 106 Å². The van der Waals surface area contributed by atoms with Crippen molar-refractivity contribution in [2.75, 3.05) is 20.2 Å². The Morgan fingerprint density at radius 1 is 1.10 bits per heavy atom. The molecule has 0 saturated heterocycles. The number of fused-ring (bicyclic) bond motifs is 1. The fourth-order valence-corrected chi connectivity index (χ4v) is 3.97. The van der Waals surface area contributed by atoms with Crippen LogP contribution in [0.15, 0.2) is 53.5 Å². The predicted octanol–water partition coefficient (Wildman–Crippen LogP) is 6.84. The van der Waals surface area contributed by atoms with Gasteiger partial charge in [0.1, 0.15) is 17.3 Å². The molecular weight excluding hydrogens is 518 g/mol. The molecule has 0 aliphatic heterocycles. The summed E-state index contributed by atoms with van der Waals surface area (Å²) in [7, 11) is 1.31. The van der Waals surface area contributed by atoms with Crippen LogP contribution in [-0.2, 0) is 5.41 Å². The summed E-state index contributed by atoms with van der Waals surface area (Å²) in [4.78, 5) is 19.0. The van der Waals surface area contributed by atoms with Gasteiger partial charge >= 0.3 is 12.1 Å². The zero-order valence-electron chi connectivity index (χ0n) is 22.4. The molecule has 2 aromatic carbocycles. The Kier molecular flexibility index (Phi) is 10.5. The second kappa shape index (κ2) is 13.0. The maximum atomic E-state index is 14.0. The lowest BCUT2D eigenvalue weighted by atomic mass is 9.74. The van der Waals surface area contributed by atoms with Gasteiger partial charge in [-0.1, -0.05) is 33.8 Å². The molecule has 2 N–H and O–H groups in total. The highest BCUT2D eigenvalue weighted by Crippen LogP contribution is 2.43. The average Bonchev–Trinajstić information content (AvgIpc) is 2.87. The van der Waals surface area contributed by atoms with Gasteiger partial charge in [0.15, 0.2) is 5.60 Å². The summed E-state index contributed by atoms with van der Waals surface area (Å²) < 4.78 is 61.2. The maximum absolute atomic E-state index is 14.0. The van der Waals surface area contributed by atoms with E-state index in [4.69, 9.17) is 9.84 Å². The Hall–Kier alpha value is -3.57. The van der Waals surface area contributed by atoms with Crippen molar-refractivity contribution < 1.29 is 37.3 Å². The highest BCUT2D eigenvalue weighted by atomic mass is 19.4. The normalized spacial score (nSPS) is 13.6. The predicted molar refractivity (Wildman–Crippen MR) is 143 cm³/mol. The highest BCUT2D eigenvalue weighted by molar-refractivity contribution is 5.95. The first-order valence-corrected chi connectivity index (χ1v) is 12.1. The summed E-state index contributed by atoms with van der Waals surface area (Å²) in [5.74, 6) is -1.73. The molecule has 0 saturated carbocycles. The summed E-state index contributed by atoms with van der Waals surface area (Å²) in [5, 5.41) is 24.1. The number of carboxylic acids is 1. The molecule has 0 bridgehead atoms. The van der Waals surface area contributed by atoms with E-state index in [0.29, 0.717) is 11.6 Å². The molecule has 11 heteroatoms. The molecule has 1 unspecified atom stereocenters. The third-order valence-corrected chi connectivity index (χ3v) is 5.89. The van der Waals surface area contributed by atoms with Gasteiger partial charge in [-0.05, 0) is 54.3 Å². The SMILES string of the molecule is CC[N-]CC.COc1ccc(F)cc1C(C)(C)CC(O)(C=Nc1cccc2nc(C(=O)O)ccc12)C(F)(F)F. The Morgan fingerprint density at radius 3 is 2.31 bits per heavy atom. The van der Waals surface area contributed by atoms with Gasteiger partial charge in [0.2, 0.25) is 0 Å². The second-order valence-electron chi connectivity index (χ2n) is 9.29. The smallest absolute Gasteiger partial charge is 0.422 e. The van der Waals surface area contributed by atoms with Crippen LogP contribution >= 0.6 is 0 Å². The first kappa shape index (κ1) is 31.6. The largest absolute Gasteiger partial charge is 0.663 e.